The quantitative estimate of drug-likeness (QED) is 0.724. The highest BCUT2D eigenvalue weighted by Crippen LogP contribution is 2.36. The Morgan fingerprint density at radius 3 is 2.14 bits per heavy atom. The molecule has 2 bridgehead atoms. The third-order valence-electron chi connectivity index (χ3n) is 4.37. The van der Waals surface area contributed by atoms with Crippen molar-refractivity contribution in [2.24, 2.45) is 5.73 Å². The number of alkyl halides is 2. The number of nitrogens with two attached hydrogens (primary N) is 1. The Balaban J connectivity index is 2.19. The maximum Gasteiger partial charge on any atom is 0.287 e. The van der Waals surface area contributed by atoms with Gasteiger partial charge >= 0.3 is 0 Å². The first-order valence-electron chi connectivity index (χ1n) is 7.38. The van der Waals surface area contributed by atoms with Gasteiger partial charge in [-0.3, -0.25) is 14.4 Å². The van der Waals surface area contributed by atoms with E-state index in [1.165, 1.54) is 4.90 Å². The minimum atomic E-state index is -3.46. The fourth-order valence-electron chi connectivity index (χ4n) is 3.37. The lowest BCUT2D eigenvalue weighted by atomic mass is 9.96. The van der Waals surface area contributed by atoms with Gasteiger partial charge in [-0.05, 0) is 25.7 Å². The zero-order valence-corrected chi connectivity index (χ0v) is 12.6. The lowest BCUT2D eigenvalue weighted by Crippen LogP contribution is -2.61. The molecule has 0 aromatic carbocycles. The number of rotatable bonds is 4. The highest BCUT2D eigenvalue weighted by molar-refractivity contribution is 6.35. The maximum atomic E-state index is 13.8. The summed E-state index contributed by atoms with van der Waals surface area (Å²) in [5.41, 5.74) is 5.90. The van der Waals surface area contributed by atoms with Crippen molar-refractivity contribution >= 4 is 17.6 Å². The first kappa shape index (κ1) is 16.8. The Kier molecular flexibility index (Phi) is 4.51. The van der Waals surface area contributed by atoms with Gasteiger partial charge in [-0.1, -0.05) is 0 Å². The largest absolute Gasteiger partial charge is 0.335 e. The molecular formula is C14H21F2N3O3. The summed E-state index contributed by atoms with van der Waals surface area (Å²) in [6.45, 7) is 1.53. The van der Waals surface area contributed by atoms with Crippen molar-refractivity contribution in [2.45, 2.75) is 69.6 Å². The molecule has 0 spiro atoms. The zero-order chi connectivity index (χ0) is 16.7. The number of carbonyl (C=O) groups is 3. The third-order valence-corrected chi connectivity index (χ3v) is 4.37. The van der Waals surface area contributed by atoms with Crippen LogP contribution in [0.5, 0.6) is 0 Å². The molecule has 2 fully saturated rings. The predicted octanol–water partition coefficient (Wildman–Crippen LogP) is 0.196. The van der Waals surface area contributed by atoms with Crippen molar-refractivity contribution in [3.8, 4) is 0 Å². The smallest absolute Gasteiger partial charge is 0.287 e. The number of nitrogens with one attached hydrogen (secondary N) is 1. The van der Waals surface area contributed by atoms with Crippen molar-refractivity contribution in [2.75, 3.05) is 0 Å². The Hall–Kier alpha value is -1.57. The number of halogens is 2. The number of piperidine rings is 1. The molecule has 0 aromatic heterocycles. The second kappa shape index (κ2) is 5.91. The Morgan fingerprint density at radius 1 is 1.23 bits per heavy atom. The van der Waals surface area contributed by atoms with Gasteiger partial charge in [0.1, 0.15) is 0 Å². The van der Waals surface area contributed by atoms with E-state index in [0.29, 0.717) is 19.8 Å². The maximum absolute atomic E-state index is 13.8. The number of carbonyl (C=O) groups excluding carboxylic acids is 3. The lowest BCUT2D eigenvalue weighted by Gasteiger charge is -2.40. The predicted molar refractivity (Wildman–Crippen MR) is 74.1 cm³/mol. The van der Waals surface area contributed by atoms with Gasteiger partial charge in [-0.25, -0.2) is 8.78 Å². The average Bonchev–Trinajstić information content (AvgIpc) is 2.65. The van der Waals surface area contributed by atoms with Crippen LogP contribution in [-0.4, -0.2) is 52.6 Å². The SMILES string of the molecule is CC(=O)C(=O)NC(C(=O)N1C2CCC1CC(N)C2)C(C)(F)F. The molecule has 2 amide bonds. The summed E-state index contributed by atoms with van der Waals surface area (Å²) in [5, 5.41) is 1.87. The second-order valence-corrected chi connectivity index (χ2v) is 6.28. The zero-order valence-electron chi connectivity index (χ0n) is 12.6. The van der Waals surface area contributed by atoms with E-state index < -0.39 is 29.6 Å². The fourth-order valence-corrected chi connectivity index (χ4v) is 3.37. The van der Waals surface area contributed by atoms with Crippen LogP contribution in [0.1, 0.15) is 39.5 Å². The van der Waals surface area contributed by atoms with Crippen molar-refractivity contribution in [1.29, 1.82) is 0 Å². The Bertz CT molecular complexity index is 478. The van der Waals surface area contributed by atoms with Gasteiger partial charge < -0.3 is 16.0 Å². The minimum absolute atomic E-state index is 0.0334. The summed E-state index contributed by atoms with van der Waals surface area (Å²) < 4.78 is 27.5. The first-order chi connectivity index (χ1) is 10.1. The number of nitrogens with zero attached hydrogens (tertiary/aromatic N) is 1. The minimum Gasteiger partial charge on any atom is -0.335 e. The van der Waals surface area contributed by atoms with Gasteiger partial charge in [0, 0.05) is 32.0 Å². The highest BCUT2D eigenvalue weighted by atomic mass is 19.3. The average molecular weight is 317 g/mol. The van der Waals surface area contributed by atoms with E-state index in [2.05, 4.69) is 0 Å². The number of Topliss-reactive ketones (excluding diaryl/α,β-unsaturated/α-hetero) is 1. The van der Waals surface area contributed by atoms with Gasteiger partial charge in [-0.15, -0.1) is 0 Å². The molecule has 0 aliphatic carbocycles. The van der Waals surface area contributed by atoms with E-state index in [4.69, 9.17) is 5.73 Å². The number of hydrogen-bond donors (Lipinski definition) is 2. The number of hydrogen-bond acceptors (Lipinski definition) is 4. The van der Waals surface area contributed by atoms with Gasteiger partial charge in [0.05, 0.1) is 0 Å². The molecule has 2 aliphatic heterocycles. The summed E-state index contributed by atoms with van der Waals surface area (Å²) in [6.07, 6.45) is 2.61. The summed E-state index contributed by atoms with van der Waals surface area (Å²) in [6, 6.07) is -2.39. The first-order valence-corrected chi connectivity index (χ1v) is 7.38. The van der Waals surface area contributed by atoms with Crippen molar-refractivity contribution in [3.05, 3.63) is 0 Å². The molecular weight excluding hydrogens is 296 g/mol. The molecule has 3 N–H and O–H groups in total. The molecule has 2 saturated heterocycles. The van der Waals surface area contributed by atoms with E-state index in [-0.39, 0.29) is 18.1 Å². The molecule has 0 radical (unpaired) electrons. The van der Waals surface area contributed by atoms with E-state index >= 15 is 0 Å². The van der Waals surface area contributed by atoms with Crippen LogP contribution in [0.4, 0.5) is 8.78 Å². The molecule has 8 heteroatoms. The van der Waals surface area contributed by atoms with Crippen LogP contribution in [0.25, 0.3) is 0 Å². The van der Waals surface area contributed by atoms with Crippen LogP contribution in [-0.2, 0) is 14.4 Å². The molecule has 2 rings (SSSR count). The van der Waals surface area contributed by atoms with Gasteiger partial charge in [-0.2, -0.15) is 0 Å². The van der Waals surface area contributed by atoms with Crippen LogP contribution >= 0.6 is 0 Å². The number of amides is 2. The lowest BCUT2D eigenvalue weighted by molar-refractivity contribution is -0.151. The van der Waals surface area contributed by atoms with Gasteiger partial charge in [0.15, 0.2) is 6.04 Å². The molecule has 124 valence electrons. The molecule has 2 aliphatic rings. The molecule has 0 aromatic rings. The van der Waals surface area contributed by atoms with Crippen LogP contribution in [0.15, 0.2) is 0 Å². The monoisotopic (exact) mass is 317 g/mol. The van der Waals surface area contributed by atoms with Gasteiger partial charge in [0.25, 0.3) is 17.7 Å². The van der Waals surface area contributed by atoms with E-state index in [1.807, 2.05) is 5.32 Å². The normalized spacial score (nSPS) is 29.1. The van der Waals surface area contributed by atoms with E-state index in [9.17, 15) is 23.2 Å². The fraction of sp³-hybridized carbons (Fsp3) is 0.786. The standard InChI is InChI=1S/C14H21F2N3O3/c1-7(20)12(21)18-11(14(2,15)16)13(22)19-9-3-4-10(19)6-8(17)5-9/h8-11H,3-6,17H2,1-2H3,(H,18,21). The number of fused-ring (bicyclic) bond motifs is 2. The Labute approximate surface area is 127 Å². The Morgan fingerprint density at radius 2 is 1.73 bits per heavy atom. The van der Waals surface area contributed by atoms with Crippen molar-refractivity contribution < 1.29 is 23.2 Å². The van der Waals surface area contributed by atoms with Crippen molar-refractivity contribution in [1.82, 2.24) is 10.2 Å². The summed E-state index contributed by atoms with van der Waals surface area (Å²) in [5.74, 6) is -6.38. The van der Waals surface area contributed by atoms with Crippen LogP contribution in [0, 0.1) is 0 Å². The summed E-state index contributed by atoms with van der Waals surface area (Å²) in [7, 11) is 0. The van der Waals surface area contributed by atoms with Crippen LogP contribution in [0.2, 0.25) is 0 Å². The molecule has 0 saturated carbocycles. The third kappa shape index (κ3) is 3.26. The molecule has 2 heterocycles. The highest BCUT2D eigenvalue weighted by Gasteiger charge is 2.50. The molecule has 3 atom stereocenters. The van der Waals surface area contributed by atoms with Crippen LogP contribution < -0.4 is 11.1 Å². The second-order valence-electron chi connectivity index (χ2n) is 6.28. The summed E-state index contributed by atoms with van der Waals surface area (Å²) >= 11 is 0. The molecule has 3 unspecified atom stereocenters. The van der Waals surface area contributed by atoms with Crippen LogP contribution in [0.3, 0.4) is 0 Å². The topological polar surface area (TPSA) is 92.5 Å². The summed E-state index contributed by atoms with van der Waals surface area (Å²) in [4.78, 5) is 36.4. The van der Waals surface area contributed by atoms with Gasteiger partial charge in [0.2, 0.25) is 5.78 Å². The molecule has 22 heavy (non-hydrogen) atoms. The van der Waals surface area contributed by atoms with E-state index in [1.54, 1.807) is 0 Å². The number of ketones is 1. The van der Waals surface area contributed by atoms with E-state index in [0.717, 1.165) is 19.8 Å². The molecule has 6 nitrogen and oxygen atoms in total. The van der Waals surface area contributed by atoms with Crippen molar-refractivity contribution in [3.63, 3.8) is 0 Å².